The lowest BCUT2D eigenvalue weighted by molar-refractivity contribution is -0.138. The quantitative estimate of drug-likeness (QED) is 0.832. The molecule has 0 saturated heterocycles. The summed E-state index contributed by atoms with van der Waals surface area (Å²) in [5, 5.41) is 11.2. The summed E-state index contributed by atoms with van der Waals surface area (Å²) in [6, 6.07) is 12.0. The van der Waals surface area contributed by atoms with Crippen molar-refractivity contribution < 1.29 is 9.90 Å². The molecular formula is C14H14O2. The molecule has 1 atom stereocenters. The number of hydrogen-bond donors (Lipinski definition) is 1. The van der Waals surface area contributed by atoms with Crippen LogP contribution in [-0.4, -0.2) is 11.1 Å². The molecule has 0 spiro atoms. The van der Waals surface area contributed by atoms with Crippen molar-refractivity contribution in [3.8, 4) is 0 Å². The van der Waals surface area contributed by atoms with Crippen molar-refractivity contribution in [3.63, 3.8) is 0 Å². The molecule has 0 aromatic heterocycles. The van der Waals surface area contributed by atoms with Crippen molar-refractivity contribution in [3.05, 3.63) is 47.5 Å². The molecule has 2 rings (SSSR count). The van der Waals surface area contributed by atoms with Crippen molar-refractivity contribution in [1.82, 2.24) is 0 Å². The number of fused-ring (bicyclic) bond motifs is 1. The van der Waals surface area contributed by atoms with E-state index in [0.717, 1.165) is 16.3 Å². The van der Waals surface area contributed by atoms with Crippen LogP contribution in [-0.2, 0) is 4.79 Å². The minimum absolute atomic E-state index is 0.453. The third-order valence-corrected chi connectivity index (χ3v) is 2.89. The summed E-state index contributed by atoms with van der Waals surface area (Å²) in [7, 11) is 0. The summed E-state index contributed by atoms with van der Waals surface area (Å²) in [6.45, 7) is 3.75. The highest BCUT2D eigenvalue weighted by Gasteiger charge is 2.13. The maximum absolute atomic E-state index is 10.9. The lowest BCUT2D eigenvalue weighted by Gasteiger charge is -2.08. The lowest BCUT2D eigenvalue weighted by atomic mass is 9.97. The van der Waals surface area contributed by atoms with Gasteiger partial charge in [0.2, 0.25) is 0 Å². The van der Waals surface area contributed by atoms with Gasteiger partial charge in [-0.2, -0.15) is 0 Å². The summed E-state index contributed by atoms with van der Waals surface area (Å²) in [5.41, 5.74) is 2.07. The highest BCUT2D eigenvalue weighted by atomic mass is 16.4. The van der Waals surface area contributed by atoms with Crippen LogP contribution < -0.4 is 0 Å². The predicted molar refractivity (Wildman–Crippen MR) is 64.7 cm³/mol. The van der Waals surface area contributed by atoms with E-state index in [2.05, 4.69) is 6.07 Å². The van der Waals surface area contributed by atoms with Crippen molar-refractivity contribution in [2.24, 2.45) is 0 Å². The largest absolute Gasteiger partial charge is 0.481 e. The number of carboxylic acid groups (broad SMARTS) is 1. The number of aryl methyl sites for hydroxylation is 1. The first kappa shape index (κ1) is 10.7. The van der Waals surface area contributed by atoms with E-state index in [9.17, 15) is 4.79 Å². The SMILES string of the molecule is Cc1ccc2cc([C@@H](C)C(=O)O)ccc2c1. The standard InChI is InChI=1S/C14H14O2/c1-9-3-4-13-8-11(10(2)14(15)16)5-6-12(13)7-9/h3-8,10H,1-2H3,(H,15,16)/t10-/m1/s1. The third-order valence-electron chi connectivity index (χ3n) is 2.89. The van der Waals surface area contributed by atoms with Crippen LogP contribution in [0.4, 0.5) is 0 Å². The van der Waals surface area contributed by atoms with Gasteiger partial charge < -0.3 is 5.11 Å². The molecular weight excluding hydrogens is 200 g/mol. The number of rotatable bonds is 2. The maximum atomic E-state index is 10.9. The molecule has 2 aromatic carbocycles. The van der Waals surface area contributed by atoms with Crippen molar-refractivity contribution >= 4 is 16.7 Å². The van der Waals surface area contributed by atoms with Gasteiger partial charge in [0, 0.05) is 0 Å². The third kappa shape index (κ3) is 1.91. The molecule has 0 fully saturated rings. The molecule has 0 aliphatic carbocycles. The van der Waals surface area contributed by atoms with Crippen LogP contribution in [0.5, 0.6) is 0 Å². The molecule has 0 unspecified atom stereocenters. The average Bonchev–Trinajstić information content (AvgIpc) is 2.27. The second kappa shape index (κ2) is 3.97. The monoisotopic (exact) mass is 214 g/mol. The Balaban J connectivity index is 2.52. The van der Waals surface area contributed by atoms with Crippen LogP contribution in [0.15, 0.2) is 36.4 Å². The number of hydrogen-bond acceptors (Lipinski definition) is 1. The van der Waals surface area contributed by atoms with E-state index in [-0.39, 0.29) is 0 Å². The van der Waals surface area contributed by atoms with E-state index in [1.807, 2.05) is 37.3 Å². The smallest absolute Gasteiger partial charge is 0.310 e. The van der Waals surface area contributed by atoms with E-state index < -0.39 is 11.9 Å². The van der Waals surface area contributed by atoms with Crippen molar-refractivity contribution in [2.75, 3.05) is 0 Å². The number of carboxylic acids is 1. The normalized spacial score (nSPS) is 12.6. The van der Waals surface area contributed by atoms with Gasteiger partial charge in [-0.3, -0.25) is 4.79 Å². The van der Waals surface area contributed by atoms with Crippen LogP contribution in [0.25, 0.3) is 10.8 Å². The minimum Gasteiger partial charge on any atom is -0.481 e. The first-order chi connectivity index (χ1) is 7.58. The van der Waals surface area contributed by atoms with Crippen LogP contribution in [0, 0.1) is 6.92 Å². The van der Waals surface area contributed by atoms with Gasteiger partial charge in [-0.15, -0.1) is 0 Å². The highest BCUT2D eigenvalue weighted by molar-refractivity contribution is 5.85. The summed E-state index contributed by atoms with van der Waals surface area (Å²) in [5.74, 6) is -1.24. The van der Waals surface area contributed by atoms with E-state index in [1.165, 1.54) is 5.56 Å². The van der Waals surface area contributed by atoms with Gasteiger partial charge in [0.25, 0.3) is 0 Å². The van der Waals surface area contributed by atoms with Gasteiger partial charge in [-0.25, -0.2) is 0 Å². The Hall–Kier alpha value is -1.83. The van der Waals surface area contributed by atoms with Gasteiger partial charge in [-0.05, 0) is 30.2 Å². The van der Waals surface area contributed by atoms with E-state index in [4.69, 9.17) is 5.11 Å². The Labute approximate surface area is 94.5 Å². The molecule has 2 heteroatoms. The molecule has 0 bridgehead atoms. The minimum atomic E-state index is -0.786. The number of carbonyl (C=O) groups is 1. The van der Waals surface area contributed by atoms with Crippen molar-refractivity contribution in [1.29, 1.82) is 0 Å². The Kier molecular flexibility index (Phi) is 2.65. The van der Waals surface area contributed by atoms with Crippen molar-refractivity contribution in [2.45, 2.75) is 19.8 Å². The molecule has 2 nitrogen and oxygen atoms in total. The lowest BCUT2D eigenvalue weighted by Crippen LogP contribution is -2.06. The van der Waals surface area contributed by atoms with Crippen LogP contribution in [0.1, 0.15) is 24.0 Å². The van der Waals surface area contributed by atoms with Gasteiger partial charge in [-0.1, -0.05) is 42.0 Å². The zero-order valence-corrected chi connectivity index (χ0v) is 9.40. The van der Waals surface area contributed by atoms with Crippen LogP contribution in [0.3, 0.4) is 0 Å². The Bertz CT molecular complexity index is 543. The summed E-state index contributed by atoms with van der Waals surface area (Å²) in [4.78, 5) is 10.9. The van der Waals surface area contributed by atoms with E-state index in [0.29, 0.717) is 0 Å². The summed E-state index contributed by atoms with van der Waals surface area (Å²) in [6.07, 6.45) is 0. The summed E-state index contributed by atoms with van der Waals surface area (Å²) < 4.78 is 0. The molecule has 82 valence electrons. The van der Waals surface area contributed by atoms with E-state index >= 15 is 0 Å². The zero-order valence-electron chi connectivity index (χ0n) is 9.40. The number of aliphatic carboxylic acids is 1. The van der Waals surface area contributed by atoms with Gasteiger partial charge >= 0.3 is 5.97 Å². The fourth-order valence-corrected chi connectivity index (χ4v) is 1.80. The van der Waals surface area contributed by atoms with Gasteiger partial charge in [0.05, 0.1) is 5.92 Å². The summed E-state index contributed by atoms with van der Waals surface area (Å²) >= 11 is 0. The molecule has 0 aliphatic heterocycles. The first-order valence-corrected chi connectivity index (χ1v) is 5.31. The average molecular weight is 214 g/mol. The Morgan fingerprint density at radius 1 is 1.12 bits per heavy atom. The van der Waals surface area contributed by atoms with Crippen LogP contribution >= 0.6 is 0 Å². The Morgan fingerprint density at radius 3 is 2.44 bits per heavy atom. The maximum Gasteiger partial charge on any atom is 0.310 e. The highest BCUT2D eigenvalue weighted by Crippen LogP contribution is 2.22. The molecule has 16 heavy (non-hydrogen) atoms. The van der Waals surface area contributed by atoms with E-state index in [1.54, 1.807) is 6.92 Å². The molecule has 0 amide bonds. The fourth-order valence-electron chi connectivity index (χ4n) is 1.80. The number of benzene rings is 2. The molecule has 0 saturated carbocycles. The molecule has 1 N–H and O–H groups in total. The molecule has 0 aliphatic rings. The second-order valence-electron chi connectivity index (χ2n) is 4.17. The predicted octanol–water partition coefficient (Wildman–Crippen LogP) is 3.34. The molecule has 2 aromatic rings. The first-order valence-electron chi connectivity index (χ1n) is 5.31. The van der Waals surface area contributed by atoms with Gasteiger partial charge in [0.1, 0.15) is 0 Å². The van der Waals surface area contributed by atoms with Gasteiger partial charge in [0.15, 0.2) is 0 Å². The van der Waals surface area contributed by atoms with Crippen LogP contribution in [0.2, 0.25) is 0 Å². The molecule has 0 radical (unpaired) electrons. The fraction of sp³-hybridized carbons (Fsp3) is 0.214. The zero-order chi connectivity index (χ0) is 11.7. The topological polar surface area (TPSA) is 37.3 Å². The Morgan fingerprint density at radius 2 is 1.75 bits per heavy atom. The molecule has 0 heterocycles. The second-order valence-corrected chi connectivity index (χ2v) is 4.17.